The van der Waals surface area contributed by atoms with Gasteiger partial charge in [0.1, 0.15) is 5.54 Å². The second kappa shape index (κ2) is 5.53. The van der Waals surface area contributed by atoms with Crippen LogP contribution in [0.5, 0.6) is 0 Å². The van der Waals surface area contributed by atoms with Crippen LogP contribution in [0.15, 0.2) is 30.3 Å². The Bertz CT molecular complexity index is 326. The van der Waals surface area contributed by atoms with Gasteiger partial charge in [-0.05, 0) is 18.5 Å². The summed E-state index contributed by atoms with van der Waals surface area (Å²) in [7, 11) is 0. The van der Waals surface area contributed by atoms with Crippen molar-refractivity contribution in [3.05, 3.63) is 35.9 Å². The van der Waals surface area contributed by atoms with E-state index in [0.29, 0.717) is 0 Å². The average molecular weight is 202 g/mol. The molecule has 1 atom stereocenters. The normalized spacial score (nSPS) is 14.2. The third-order valence-electron chi connectivity index (χ3n) is 2.68. The molecule has 0 spiro atoms. The Kier molecular flexibility index (Phi) is 4.33. The van der Waals surface area contributed by atoms with E-state index in [-0.39, 0.29) is 0 Å². The van der Waals surface area contributed by atoms with Gasteiger partial charge in [0, 0.05) is 6.42 Å². The Morgan fingerprint density at radius 1 is 1.27 bits per heavy atom. The zero-order valence-electron chi connectivity index (χ0n) is 9.46. The first-order chi connectivity index (χ1) is 7.26. The first-order valence-corrected chi connectivity index (χ1v) is 5.46. The van der Waals surface area contributed by atoms with Gasteiger partial charge in [-0.1, -0.05) is 44.2 Å². The molecule has 1 aromatic rings. The molecule has 0 aromatic heterocycles. The summed E-state index contributed by atoms with van der Waals surface area (Å²) in [6, 6.07) is 12.6. The molecule has 0 heterocycles. The molecule has 80 valence electrons. The number of hydrogen-bond donors (Lipinski definition) is 1. The van der Waals surface area contributed by atoms with E-state index in [0.717, 1.165) is 19.4 Å². The Labute approximate surface area is 91.9 Å². The molecule has 0 saturated carbocycles. The first kappa shape index (κ1) is 11.7. The summed E-state index contributed by atoms with van der Waals surface area (Å²) in [5.41, 5.74) is 0.803. The maximum absolute atomic E-state index is 9.26. The smallest absolute Gasteiger partial charge is 0.110 e. The minimum Gasteiger partial charge on any atom is -0.299 e. The molecule has 0 fully saturated rings. The molecule has 15 heavy (non-hydrogen) atoms. The van der Waals surface area contributed by atoms with E-state index < -0.39 is 5.54 Å². The highest BCUT2D eigenvalue weighted by molar-refractivity contribution is 5.22. The molecule has 0 aliphatic carbocycles. The van der Waals surface area contributed by atoms with Gasteiger partial charge in [0.2, 0.25) is 0 Å². The summed E-state index contributed by atoms with van der Waals surface area (Å²) in [5.74, 6) is 0. The summed E-state index contributed by atoms with van der Waals surface area (Å²) in [4.78, 5) is 0. The van der Waals surface area contributed by atoms with Crippen LogP contribution in [-0.4, -0.2) is 12.1 Å². The largest absolute Gasteiger partial charge is 0.299 e. The van der Waals surface area contributed by atoms with Crippen LogP contribution >= 0.6 is 0 Å². The molecule has 1 N–H and O–H groups in total. The van der Waals surface area contributed by atoms with Crippen LogP contribution < -0.4 is 5.32 Å². The van der Waals surface area contributed by atoms with Gasteiger partial charge < -0.3 is 0 Å². The lowest BCUT2D eigenvalue weighted by Gasteiger charge is -2.26. The predicted octanol–water partition coefficient (Wildman–Crippen LogP) is 2.51. The molecule has 0 saturated heterocycles. The van der Waals surface area contributed by atoms with Crippen LogP contribution in [0.25, 0.3) is 0 Å². The van der Waals surface area contributed by atoms with E-state index in [1.165, 1.54) is 5.56 Å². The zero-order valence-corrected chi connectivity index (χ0v) is 9.46. The molecule has 0 radical (unpaired) electrons. The first-order valence-electron chi connectivity index (χ1n) is 5.46. The SMILES string of the molecule is CCNC(C#N)(CC)Cc1ccccc1. The van der Waals surface area contributed by atoms with Crippen LogP contribution in [-0.2, 0) is 6.42 Å². The number of likely N-dealkylation sites (N-methyl/N-ethyl adjacent to an activating group) is 1. The maximum Gasteiger partial charge on any atom is 0.110 e. The minimum atomic E-state index is -0.407. The topological polar surface area (TPSA) is 35.8 Å². The quantitative estimate of drug-likeness (QED) is 0.796. The molecule has 1 unspecified atom stereocenters. The standard InChI is InChI=1S/C13H18N2/c1-3-13(11-14,15-4-2)10-12-8-6-5-7-9-12/h5-9,15H,3-4,10H2,1-2H3. The molecule has 0 bridgehead atoms. The maximum atomic E-state index is 9.26. The fraction of sp³-hybridized carbons (Fsp3) is 0.462. The summed E-state index contributed by atoms with van der Waals surface area (Å²) >= 11 is 0. The second-order valence-corrected chi connectivity index (χ2v) is 3.74. The second-order valence-electron chi connectivity index (χ2n) is 3.74. The van der Waals surface area contributed by atoms with Crippen molar-refractivity contribution in [2.24, 2.45) is 0 Å². The third kappa shape index (κ3) is 3.07. The Morgan fingerprint density at radius 3 is 2.40 bits per heavy atom. The van der Waals surface area contributed by atoms with E-state index in [1.807, 2.05) is 25.1 Å². The summed E-state index contributed by atoms with van der Waals surface area (Å²) in [6.07, 6.45) is 1.60. The van der Waals surface area contributed by atoms with Crippen LogP contribution in [0.2, 0.25) is 0 Å². The van der Waals surface area contributed by atoms with Crippen molar-refractivity contribution in [3.63, 3.8) is 0 Å². The number of nitrogens with one attached hydrogen (secondary N) is 1. The summed E-state index contributed by atoms with van der Waals surface area (Å²) in [6.45, 7) is 4.91. The lowest BCUT2D eigenvalue weighted by molar-refractivity contribution is 0.406. The third-order valence-corrected chi connectivity index (χ3v) is 2.68. The van der Waals surface area contributed by atoms with Crippen LogP contribution in [0.3, 0.4) is 0 Å². The number of rotatable bonds is 5. The summed E-state index contributed by atoms with van der Waals surface area (Å²) < 4.78 is 0. The minimum absolute atomic E-state index is 0.407. The van der Waals surface area contributed by atoms with Gasteiger partial charge in [-0.3, -0.25) is 5.32 Å². The van der Waals surface area contributed by atoms with E-state index in [9.17, 15) is 5.26 Å². The lowest BCUT2D eigenvalue weighted by Crippen LogP contribution is -2.45. The van der Waals surface area contributed by atoms with Gasteiger partial charge in [-0.15, -0.1) is 0 Å². The van der Waals surface area contributed by atoms with Crippen molar-refractivity contribution < 1.29 is 0 Å². The highest BCUT2D eigenvalue weighted by Gasteiger charge is 2.26. The van der Waals surface area contributed by atoms with Gasteiger partial charge in [0.25, 0.3) is 0 Å². The van der Waals surface area contributed by atoms with Crippen molar-refractivity contribution in [1.29, 1.82) is 5.26 Å². The van der Waals surface area contributed by atoms with Crippen molar-refractivity contribution in [2.75, 3.05) is 6.54 Å². The average Bonchev–Trinajstić information content (AvgIpc) is 2.30. The van der Waals surface area contributed by atoms with Crippen molar-refractivity contribution in [3.8, 4) is 6.07 Å². The van der Waals surface area contributed by atoms with Crippen molar-refractivity contribution >= 4 is 0 Å². The highest BCUT2D eigenvalue weighted by Crippen LogP contribution is 2.16. The molecule has 0 aliphatic rings. The van der Waals surface area contributed by atoms with Gasteiger partial charge in [0.15, 0.2) is 0 Å². The van der Waals surface area contributed by atoms with Crippen LogP contribution in [0.4, 0.5) is 0 Å². The van der Waals surface area contributed by atoms with E-state index in [1.54, 1.807) is 0 Å². The Hall–Kier alpha value is -1.33. The highest BCUT2D eigenvalue weighted by atomic mass is 15.0. The molecule has 2 nitrogen and oxygen atoms in total. The molecular formula is C13H18N2. The van der Waals surface area contributed by atoms with E-state index in [2.05, 4.69) is 30.4 Å². The fourth-order valence-electron chi connectivity index (χ4n) is 1.75. The van der Waals surface area contributed by atoms with Gasteiger partial charge >= 0.3 is 0 Å². The molecule has 1 aromatic carbocycles. The molecule has 2 heteroatoms. The number of benzene rings is 1. The van der Waals surface area contributed by atoms with Gasteiger partial charge in [0.05, 0.1) is 6.07 Å². The van der Waals surface area contributed by atoms with Crippen molar-refractivity contribution in [1.82, 2.24) is 5.32 Å². The molecular weight excluding hydrogens is 184 g/mol. The number of nitriles is 1. The summed E-state index contributed by atoms with van der Waals surface area (Å²) in [5, 5.41) is 12.5. The predicted molar refractivity (Wildman–Crippen MR) is 62.5 cm³/mol. The van der Waals surface area contributed by atoms with E-state index in [4.69, 9.17) is 0 Å². The fourth-order valence-corrected chi connectivity index (χ4v) is 1.75. The van der Waals surface area contributed by atoms with E-state index >= 15 is 0 Å². The van der Waals surface area contributed by atoms with Crippen molar-refractivity contribution in [2.45, 2.75) is 32.2 Å². The number of hydrogen-bond acceptors (Lipinski definition) is 2. The molecule has 1 rings (SSSR count). The zero-order chi connectivity index (χ0) is 11.1. The van der Waals surface area contributed by atoms with Crippen LogP contribution in [0, 0.1) is 11.3 Å². The van der Waals surface area contributed by atoms with Gasteiger partial charge in [-0.25, -0.2) is 0 Å². The number of nitrogens with zero attached hydrogens (tertiary/aromatic N) is 1. The monoisotopic (exact) mass is 202 g/mol. The van der Waals surface area contributed by atoms with Gasteiger partial charge in [-0.2, -0.15) is 5.26 Å². The Morgan fingerprint density at radius 2 is 1.93 bits per heavy atom. The lowest BCUT2D eigenvalue weighted by atomic mass is 9.89. The molecule has 0 amide bonds. The Balaban J connectivity index is 2.80. The van der Waals surface area contributed by atoms with Crippen LogP contribution in [0.1, 0.15) is 25.8 Å². The molecule has 0 aliphatic heterocycles.